The van der Waals surface area contributed by atoms with Crippen LogP contribution in [0.25, 0.3) is 0 Å². The number of hydrogen-bond donors (Lipinski definition) is 2. The third kappa shape index (κ3) is 14.6. The van der Waals surface area contributed by atoms with Crippen LogP contribution in [0.2, 0.25) is 5.02 Å². The van der Waals surface area contributed by atoms with Crippen LogP contribution < -0.4 is 10.1 Å². The maximum Gasteiger partial charge on any atom is 0.422 e. The number of carboxylic acids is 1. The van der Waals surface area contributed by atoms with Gasteiger partial charge >= 0.3 is 12.1 Å². The number of ether oxygens (including phenoxy) is 1. The van der Waals surface area contributed by atoms with Gasteiger partial charge in [0.05, 0.1) is 12.2 Å². The molecule has 0 aliphatic carbocycles. The first-order chi connectivity index (χ1) is 17.3. The van der Waals surface area contributed by atoms with Crippen LogP contribution in [-0.2, 0) is 0 Å². The minimum Gasteiger partial charge on any atom is -0.482 e. The van der Waals surface area contributed by atoms with Gasteiger partial charge in [-0.2, -0.15) is 13.2 Å². The molecule has 0 spiro atoms. The predicted molar refractivity (Wildman–Crippen MR) is 143 cm³/mol. The standard InChI is InChI=1S/C18H34N2S.C8H5ClF3NO3/c1-5-6-7-8-9-10-11-12-13-19-16(18(2,3)4)17-20-14-15-21-17;9-4-2-13-5(7(14)15)1-6(4)16-3-8(10,11)12/h14-16,19H,5-13H2,1-4H3;1-2H,3H2,(H,14,15). The van der Waals surface area contributed by atoms with Gasteiger partial charge in [0.1, 0.15) is 15.8 Å². The monoisotopic (exact) mass is 565 g/mol. The van der Waals surface area contributed by atoms with Gasteiger partial charge in [-0.1, -0.05) is 84.2 Å². The molecule has 0 aliphatic rings. The highest BCUT2D eigenvalue weighted by Gasteiger charge is 2.29. The van der Waals surface area contributed by atoms with E-state index < -0.39 is 24.4 Å². The first-order valence-electron chi connectivity index (χ1n) is 12.6. The number of carbonyl (C=O) groups is 1. The van der Waals surface area contributed by atoms with Gasteiger partial charge in [-0.15, -0.1) is 11.3 Å². The van der Waals surface area contributed by atoms with E-state index in [9.17, 15) is 18.0 Å². The van der Waals surface area contributed by atoms with E-state index in [-0.39, 0.29) is 16.2 Å². The Labute approximate surface area is 227 Å². The van der Waals surface area contributed by atoms with Gasteiger partial charge in [-0.25, -0.2) is 14.8 Å². The summed E-state index contributed by atoms with van der Waals surface area (Å²) in [6, 6.07) is 1.21. The van der Waals surface area contributed by atoms with Crippen molar-refractivity contribution in [3.8, 4) is 5.75 Å². The lowest BCUT2D eigenvalue weighted by Crippen LogP contribution is -2.32. The molecule has 1 unspecified atom stereocenters. The molecule has 2 aromatic rings. The molecule has 0 saturated heterocycles. The second-order valence-corrected chi connectivity index (χ2v) is 11.1. The molecule has 6 nitrogen and oxygen atoms in total. The van der Waals surface area contributed by atoms with Crippen molar-refractivity contribution in [3.05, 3.63) is 39.6 Å². The van der Waals surface area contributed by atoms with Gasteiger partial charge in [0.2, 0.25) is 0 Å². The van der Waals surface area contributed by atoms with Gasteiger partial charge < -0.3 is 15.2 Å². The Morgan fingerprint density at radius 3 is 2.24 bits per heavy atom. The Bertz CT molecular complexity index is 907. The van der Waals surface area contributed by atoms with E-state index in [1.165, 1.54) is 56.4 Å². The number of aromatic carboxylic acids is 1. The number of carboxylic acid groups (broad SMARTS) is 1. The fourth-order valence-electron chi connectivity index (χ4n) is 3.45. The summed E-state index contributed by atoms with van der Waals surface area (Å²) in [6.45, 7) is 8.71. The average molecular weight is 566 g/mol. The zero-order valence-electron chi connectivity index (χ0n) is 22.0. The molecule has 0 radical (unpaired) electrons. The summed E-state index contributed by atoms with van der Waals surface area (Å²) in [5.41, 5.74) is -0.223. The fraction of sp³-hybridized carbons (Fsp3) is 0.654. The number of aromatic nitrogens is 2. The van der Waals surface area contributed by atoms with Crippen molar-refractivity contribution >= 4 is 28.9 Å². The van der Waals surface area contributed by atoms with Crippen molar-refractivity contribution in [1.29, 1.82) is 0 Å². The highest BCUT2D eigenvalue weighted by atomic mass is 35.5. The normalized spacial score (nSPS) is 12.5. The van der Waals surface area contributed by atoms with Crippen LogP contribution in [0.4, 0.5) is 13.2 Å². The summed E-state index contributed by atoms with van der Waals surface area (Å²) in [4.78, 5) is 18.4. The van der Waals surface area contributed by atoms with Crippen LogP contribution >= 0.6 is 22.9 Å². The zero-order valence-corrected chi connectivity index (χ0v) is 23.6. The smallest absolute Gasteiger partial charge is 0.422 e. The van der Waals surface area contributed by atoms with Crippen LogP contribution in [0.3, 0.4) is 0 Å². The number of halogens is 4. The van der Waals surface area contributed by atoms with Crippen LogP contribution in [0.15, 0.2) is 23.8 Å². The summed E-state index contributed by atoms with van der Waals surface area (Å²) in [5, 5.41) is 15.4. The third-order valence-electron chi connectivity index (χ3n) is 5.37. The number of pyridine rings is 1. The maximum atomic E-state index is 11.8. The highest BCUT2D eigenvalue weighted by molar-refractivity contribution is 7.09. The molecule has 0 aromatic carbocycles. The molecule has 37 heavy (non-hydrogen) atoms. The minimum absolute atomic E-state index is 0.186. The van der Waals surface area contributed by atoms with E-state index in [0.717, 1.165) is 18.8 Å². The fourth-order valence-corrected chi connectivity index (χ4v) is 4.57. The highest BCUT2D eigenvalue weighted by Crippen LogP contribution is 2.33. The number of thiazole rings is 1. The Morgan fingerprint density at radius 2 is 1.73 bits per heavy atom. The number of rotatable bonds is 14. The van der Waals surface area contributed by atoms with E-state index in [1.807, 2.05) is 6.20 Å². The summed E-state index contributed by atoms with van der Waals surface area (Å²) in [5.74, 6) is -1.75. The second-order valence-electron chi connectivity index (χ2n) is 9.81. The summed E-state index contributed by atoms with van der Waals surface area (Å²) in [7, 11) is 0. The summed E-state index contributed by atoms with van der Waals surface area (Å²) >= 11 is 7.25. The number of hydrogen-bond acceptors (Lipinski definition) is 6. The zero-order chi connectivity index (χ0) is 27.9. The van der Waals surface area contributed by atoms with E-state index >= 15 is 0 Å². The van der Waals surface area contributed by atoms with Crippen molar-refractivity contribution in [3.63, 3.8) is 0 Å². The van der Waals surface area contributed by atoms with Crippen molar-refractivity contribution in [2.75, 3.05) is 13.2 Å². The van der Waals surface area contributed by atoms with Crippen LogP contribution in [0.5, 0.6) is 5.75 Å². The third-order valence-corrected chi connectivity index (χ3v) is 6.50. The number of nitrogens with zero attached hydrogens (tertiary/aromatic N) is 2. The van der Waals surface area contributed by atoms with Crippen molar-refractivity contribution in [2.24, 2.45) is 5.41 Å². The van der Waals surface area contributed by atoms with Crippen molar-refractivity contribution in [1.82, 2.24) is 15.3 Å². The molecular weight excluding hydrogens is 527 g/mol. The van der Waals surface area contributed by atoms with E-state index in [0.29, 0.717) is 6.04 Å². The molecule has 2 aromatic heterocycles. The van der Waals surface area contributed by atoms with Gasteiger partial charge in [-0.05, 0) is 18.4 Å². The molecule has 1 atom stereocenters. The lowest BCUT2D eigenvalue weighted by atomic mass is 9.87. The number of alkyl halides is 3. The van der Waals surface area contributed by atoms with Crippen molar-refractivity contribution in [2.45, 2.75) is 91.3 Å². The largest absolute Gasteiger partial charge is 0.482 e. The molecule has 11 heteroatoms. The molecule has 0 amide bonds. The maximum absolute atomic E-state index is 11.8. The molecule has 2 N–H and O–H groups in total. The summed E-state index contributed by atoms with van der Waals surface area (Å²) < 4.78 is 39.8. The van der Waals surface area contributed by atoms with Crippen molar-refractivity contribution < 1.29 is 27.8 Å². The Morgan fingerprint density at radius 1 is 1.11 bits per heavy atom. The Balaban J connectivity index is 0.000000384. The number of nitrogens with one attached hydrogen (secondary N) is 1. The first-order valence-corrected chi connectivity index (χ1v) is 13.8. The lowest BCUT2D eigenvalue weighted by Gasteiger charge is -2.30. The Hall–Kier alpha value is -1.91. The quantitative estimate of drug-likeness (QED) is 0.224. The SMILES string of the molecule is CCCCCCCCCCNC(c1nccs1)C(C)(C)C.O=C(O)c1cc(OCC(F)(F)F)c(Cl)cn1. The lowest BCUT2D eigenvalue weighted by molar-refractivity contribution is -0.153. The van der Waals surface area contributed by atoms with Crippen LogP contribution in [-0.4, -0.2) is 40.4 Å². The molecule has 210 valence electrons. The molecule has 2 rings (SSSR count). The second kappa shape index (κ2) is 16.8. The average Bonchev–Trinajstić information content (AvgIpc) is 3.33. The first kappa shape index (κ1) is 33.1. The molecule has 0 aliphatic heterocycles. The van der Waals surface area contributed by atoms with E-state index in [1.54, 1.807) is 11.3 Å². The van der Waals surface area contributed by atoms with E-state index in [4.69, 9.17) is 16.7 Å². The van der Waals surface area contributed by atoms with Crippen LogP contribution in [0.1, 0.15) is 101 Å². The molecular formula is C26H39ClF3N3O3S. The molecule has 0 bridgehead atoms. The van der Waals surface area contributed by atoms with Crippen LogP contribution in [0, 0.1) is 5.41 Å². The predicted octanol–water partition coefficient (Wildman–Crippen LogP) is 8.33. The Kier molecular flexibility index (Phi) is 15.1. The van der Waals surface area contributed by atoms with Gasteiger partial charge in [-0.3, -0.25) is 0 Å². The topological polar surface area (TPSA) is 84.3 Å². The van der Waals surface area contributed by atoms with E-state index in [2.05, 4.69) is 53.1 Å². The minimum atomic E-state index is -4.52. The molecule has 0 fully saturated rings. The van der Waals surface area contributed by atoms with Gasteiger partial charge in [0.25, 0.3) is 0 Å². The summed E-state index contributed by atoms with van der Waals surface area (Å²) in [6.07, 6.45) is 9.34. The molecule has 0 saturated carbocycles. The number of unbranched alkanes of at least 4 members (excludes halogenated alkanes) is 7. The molecule has 2 heterocycles. The van der Waals surface area contributed by atoms with Gasteiger partial charge in [0, 0.05) is 17.6 Å². The van der Waals surface area contributed by atoms with Gasteiger partial charge in [0.15, 0.2) is 12.3 Å².